The van der Waals surface area contributed by atoms with E-state index in [-0.39, 0.29) is 5.91 Å². The van der Waals surface area contributed by atoms with Crippen LogP contribution in [-0.4, -0.2) is 44.1 Å². The molecule has 1 amide bonds. The van der Waals surface area contributed by atoms with Gasteiger partial charge in [0.2, 0.25) is 5.91 Å². The minimum absolute atomic E-state index is 0.228. The Labute approximate surface area is 120 Å². The summed E-state index contributed by atoms with van der Waals surface area (Å²) in [5.41, 5.74) is 0. The molecule has 0 atom stereocenters. The first-order valence-electron chi connectivity index (χ1n) is 7.96. The quantitative estimate of drug-likeness (QED) is 0.454. The average molecular weight is 271 g/mol. The number of unbranched alkanes of at least 4 members (excludes halogenated alkanes) is 2. The number of rotatable bonds is 11. The van der Waals surface area contributed by atoms with Crippen LogP contribution < -0.4 is 5.32 Å². The van der Waals surface area contributed by atoms with Gasteiger partial charge in [0.25, 0.3) is 0 Å². The van der Waals surface area contributed by atoms with Crippen LogP contribution in [-0.2, 0) is 4.79 Å². The number of hydrogen-bond acceptors (Lipinski definition) is 1. The summed E-state index contributed by atoms with van der Waals surface area (Å²) in [4.78, 5) is 11.6. The van der Waals surface area contributed by atoms with Gasteiger partial charge in [0.05, 0.1) is 27.2 Å². The molecule has 0 unspecified atom stereocenters. The number of nitrogens with zero attached hydrogens (tertiary/aromatic N) is 1. The number of hydrogen-bond donors (Lipinski definition) is 1. The second-order valence-corrected chi connectivity index (χ2v) is 6.67. The second-order valence-electron chi connectivity index (χ2n) is 6.67. The Bertz CT molecular complexity index is 237. The van der Waals surface area contributed by atoms with Crippen LogP contribution >= 0.6 is 0 Å². The summed E-state index contributed by atoms with van der Waals surface area (Å²) < 4.78 is 1.03. The lowest BCUT2D eigenvalue weighted by atomic mass is 10.0. The molecule has 0 saturated heterocycles. The predicted molar refractivity (Wildman–Crippen MR) is 83.1 cm³/mol. The molecule has 0 heterocycles. The largest absolute Gasteiger partial charge is 0.356 e. The number of carbonyl (C=O) groups excluding carboxylic acids is 1. The topological polar surface area (TPSA) is 29.1 Å². The minimum atomic E-state index is 0.228. The highest BCUT2D eigenvalue weighted by molar-refractivity contribution is 5.75. The number of amides is 1. The first-order chi connectivity index (χ1) is 8.87. The molecule has 0 aliphatic rings. The van der Waals surface area contributed by atoms with Crippen molar-refractivity contribution in [1.29, 1.82) is 0 Å². The van der Waals surface area contributed by atoms with Crippen LogP contribution in [0.25, 0.3) is 0 Å². The molecule has 0 aromatic heterocycles. The van der Waals surface area contributed by atoms with Crippen LogP contribution in [0.15, 0.2) is 0 Å². The molecule has 19 heavy (non-hydrogen) atoms. The molecule has 1 N–H and O–H groups in total. The van der Waals surface area contributed by atoms with E-state index >= 15 is 0 Å². The Morgan fingerprint density at radius 3 is 2.37 bits per heavy atom. The van der Waals surface area contributed by atoms with E-state index < -0.39 is 0 Å². The van der Waals surface area contributed by atoms with Crippen molar-refractivity contribution >= 4 is 5.91 Å². The summed E-state index contributed by atoms with van der Waals surface area (Å²) >= 11 is 0. The third-order valence-electron chi connectivity index (χ3n) is 3.80. The number of quaternary nitrogens is 1. The van der Waals surface area contributed by atoms with Gasteiger partial charge in [-0.25, -0.2) is 0 Å². The molecule has 114 valence electrons. The Kier molecular flexibility index (Phi) is 9.94. The molecule has 3 heteroatoms. The molecule has 3 nitrogen and oxygen atoms in total. The maximum absolute atomic E-state index is 11.6. The molecule has 0 rings (SSSR count). The van der Waals surface area contributed by atoms with Crippen LogP contribution in [0, 0.1) is 5.92 Å². The van der Waals surface area contributed by atoms with E-state index in [2.05, 4.69) is 40.2 Å². The van der Waals surface area contributed by atoms with Gasteiger partial charge in [0.1, 0.15) is 0 Å². The van der Waals surface area contributed by atoms with Crippen molar-refractivity contribution in [3.05, 3.63) is 0 Å². The summed E-state index contributed by atoms with van der Waals surface area (Å²) in [5.74, 6) is 1.01. The number of nitrogens with one attached hydrogen (secondary N) is 1. The van der Waals surface area contributed by atoms with Gasteiger partial charge >= 0.3 is 0 Å². The number of carbonyl (C=O) groups is 1. The van der Waals surface area contributed by atoms with E-state index in [9.17, 15) is 4.79 Å². The third-order valence-corrected chi connectivity index (χ3v) is 3.80. The monoisotopic (exact) mass is 271 g/mol. The molecule has 0 bridgehead atoms. The van der Waals surface area contributed by atoms with Crippen molar-refractivity contribution in [1.82, 2.24) is 5.32 Å². The zero-order chi connectivity index (χ0) is 14.7. The maximum Gasteiger partial charge on any atom is 0.219 e. The lowest BCUT2D eigenvalue weighted by molar-refractivity contribution is -0.888. The zero-order valence-electron chi connectivity index (χ0n) is 13.8. The van der Waals surface area contributed by atoms with Crippen LogP contribution in [0.1, 0.15) is 59.3 Å². The van der Waals surface area contributed by atoms with E-state index in [4.69, 9.17) is 0 Å². The van der Waals surface area contributed by atoms with E-state index in [0.29, 0.717) is 6.42 Å². The third kappa shape index (κ3) is 12.2. The highest BCUT2D eigenvalue weighted by Gasteiger charge is 2.10. The normalized spacial score (nSPS) is 11.9. The van der Waals surface area contributed by atoms with Gasteiger partial charge in [-0.3, -0.25) is 4.79 Å². The standard InChI is InChI=1S/C16H34N2O/c1-6-18(4,5)14-10-13-17-16(19)12-9-7-8-11-15(2)3/h15H,6-14H2,1-5H3/p+1. The SMILES string of the molecule is CC[N+](C)(C)CCCNC(=O)CCCCCC(C)C. The van der Waals surface area contributed by atoms with Gasteiger partial charge in [0, 0.05) is 19.4 Å². The summed E-state index contributed by atoms with van der Waals surface area (Å²) in [5, 5.41) is 3.03. The fourth-order valence-corrected chi connectivity index (χ4v) is 2.00. The van der Waals surface area contributed by atoms with E-state index in [1.807, 2.05) is 0 Å². The molecule has 0 radical (unpaired) electrons. The average Bonchev–Trinajstić information content (AvgIpc) is 2.34. The van der Waals surface area contributed by atoms with Crippen molar-refractivity contribution in [3.63, 3.8) is 0 Å². The Hall–Kier alpha value is -0.570. The van der Waals surface area contributed by atoms with Gasteiger partial charge in [0.15, 0.2) is 0 Å². The lowest BCUT2D eigenvalue weighted by Gasteiger charge is -2.28. The van der Waals surface area contributed by atoms with Crippen LogP contribution in [0.2, 0.25) is 0 Å². The van der Waals surface area contributed by atoms with Gasteiger partial charge in [-0.2, -0.15) is 0 Å². The molecular formula is C16H35N2O+. The molecule has 0 saturated carbocycles. The summed E-state index contributed by atoms with van der Waals surface area (Å²) in [6.45, 7) is 9.81. The van der Waals surface area contributed by atoms with E-state index in [0.717, 1.165) is 42.9 Å². The van der Waals surface area contributed by atoms with Crippen molar-refractivity contribution in [3.8, 4) is 0 Å². The summed E-state index contributed by atoms with van der Waals surface area (Å²) in [6.07, 6.45) is 6.53. The summed E-state index contributed by atoms with van der Waals surface area (Å²) in [7, 11) is 4.47. The van der Waals surface area contributed by atoms with E-state index in [1.54, 1.807) is 0 Å². The minimum Gasteiger partial charge on any atom is -0.356 e. The smallest absolute Gasteiger partial charge is 0.219 e. The highest BCUT2D eigenvalue weighted by Crippen LogP contribution is 2.09. The molecule has 0 aromatic carbocycles. The summed E-state index contributed by atoms with van der Waals surface area (Å²) in [6, 6.07) is 0. The Morgan fingerprint density at radius 1 is 1.11 bits per heavy atom. The van der Waals surface area contributed by atoms with Gasteiger partial charge < -0.3 is 9.80 Å². The molecule has 0 aliphatic carbocycles. The second kappa shape index (κ2) is 10.2. The first-order valence-corrected chi connectivity index (χ1v) is 7.96. The van der Waals surface area contributed by atoms with Crippen LogP contribution in [0.5, 0.6) is 0 Å². The Balaban J connectivity index is 3.40. The van der Waals surface area contributed by atoms with Crippen molar-refractivity contribution < 1.29 is 9.28 Å². The van der Waals surface area contributed by atoms with Crippen molar-refractivity contribution in [2.24, 2.45) is 5.92 Å². The molecule has 0 fully saturated rings. The van der Waals surface area contributed by atoms with Crippen LogP contribution in [0.3, 0.4) is 0 Å². The van der Waals surface area contributed by atoms with Gasteiger partial charge in [-0.05, 0) is 19.3 Å². The first kappa shape index (κ1) is 18.4. The molecule has 0 aromatic rings. The molecular weight excluding hydrogens is 236 g/mol. The highest BCUT2D eigenvalue weighted by atomic mass is 16.1. The fourth-order valence-electron chi connectivity index (χ4n) is 2.00. The van der Waals surface area contributed by atoms with Crippen molar-refractivity contribution in [2.45, 2.75) is 59.3 Å². The fraction of sp³-hybridized carbons (Fsp3) is 0.938. The van der Waals surface area contributed by atoms with Gasteiger partial charge in [-0.1, -0.05) is 33.1 Å². The molecule has 0 spiro atoms. The Morgan fingerprint density at radius 2 is 1.79 bits per heavy atom. The molecule has 0 aliphatic heterocycles. The van der Waals surface area contributed by atoms with Crippen molar-refractivity contribution in [2.75, 3.05) is 33.7 Å². The van der Waals surface area contributed by atoms with E-state index in [1.165, 1.54) is 19.3 Å². The van der Waals surface area contributed by atoms with Crippen LogP contribution in [0.4, 0.5) is 0 Å². The van der Waals surface area contributed by atoms with Gasteiger partial charge in [-0.15, -0.1) is 0 Å². The maximum atomic E-state index is 11.6. The zero-order valence-corrected chi connectivity index (χ0v) is 13.8. The lowest BCUT2D eigenvalue weighted by Crippen LogP contribution is -2.41. The predicted octanol–water partition coefficient (Wildman–Crippen LogP) is 3.20.